The van der Waals surface area contributed by atoms with Crippen LogP contribution < -0.4 is 9.47 Å². The normalized spacial score (nSPS) is 10.6. The standard InChI is InChI=1S/C20H20FN3O2S/c1-4-11-24-19(15-7-10-17(25-2)18(12-15)26-3)22-23-20(24)27-13-14-5-8-16(21)9-6-14/h4-10,12H,1,11,13H2,2-3H3. The van der Waals surface area contributed by atoms with Crippen molar-refractivity contribution in [3.05, 3.63) is 66.5 Å². The van der Waals surface area contributed by atoms with Gasteiger partial charge in [-0.25, -0.2) is 4.39 Å². The number of aromatic nitrogens is 3. The minimum absolute atomic E-state index is 0.241. The highest BCUT2D eigenvalue weighted by Crippen LogP contribution is 2.33. The zero-order chi connectivity index (χ0) is 19.2. The second-order valence-corrected chi connectivity index (χ2v) is 6.63. The molecule has 0 atom stereocenters. The number of benzene rings is 2. The van der Waals surface area contributed by atoms with Gasteiger partial charge in [0.25, 0.3) is 0 Å². The summed E-state index contributed by atoms with van der Waals surface area (Å²) >= 11 is 1.54. The summed E-state index contributed by atoms with van der Waals surface area (Å²) in [5.41, 5.74) is 1.89. The van der Waals surface area contributed by atoms with Gasteiger partial charge in [0, 0.05) is 17.9 Å². The number of hydrogen-bond donors (Lipinski definition) is 0. The predicted molar refractivity (Wildman–Crippen MR) is 105 cm³/mol. The fourth-order valence-electron chi connectivity index (χ4n) is 2.61. The number of ether oxygens (including phenoxy) is 2. The van der Waals surface area contributed by atoms with E-state index in [2.05, 4.69) is 16.8 Å². The summed E-state index contributed by atoms with van der Waals surface area (Å²) in [7, 11) is 3.20. The molecule has 0 saturated heterocycles. The van der Waals surface area contributed by atoms with Crippen molar-refractivity contribution in [1.82, 2.24) is 14.8 Å². The molecule has 5 nitrogen and oxygen atoms in total. The van der Waals surface area contributed by atoms with E-state index in [1.54, 1.807) is 44.2 Å². The van der Waals surface area contributed by atoms with Gasteiger partial charge >= 0.3 is 0 Å². The molecule has 0 aliphatic heterocycles. The fraction of sp³-hybridized carbons (Fsp3) is 0.200. The maximum absolute atomic E-state index is 13.1. The van der Waals surface area contributed by atoms with E-state index in [0.29, 0.717) is 23.8 Å². The largest absolute Gasteiger partial charge is 0.493 e. The highest BCUT2D eigenvalue weighted by atomic mass is 32.2. The van der Waals surface area contributed by atoms with Crippen LogP contribution in [0.3, 0.4) is 0 Å². The van der Waals surface area contributed by atoms with Crippen molar-refractivity contribution in [3.8, 4) is 22.9 Å². The quantitative estimate of drug-likeness (QED) is 0.420. The number of nitrogens with zero attached hydrogens (tertiary/aromatic N) is 3. The van der Waals surface area contributed by atoms with Crippen LogP contribution in [0.4, 0.5) is 4.39 Å². The van der Waals surface area contributed by atoms with Crippen LogP contribution in [-0.4, -0.2) is 29.0 Å². The van der Waals surface area contributed by atoms with Crippen molar-refractivity contribution in [2.45, 2.75) is 17.5 Å². The van der Waals surface area contributed by atoms with Crippen LogP contribution in [0, 0.1) is 5.82 Å². The first-order valence-electron chi connectivity index (χ1n) is 8.30. The first-order chi connectivity index (χ1) is 13.2. The van der Waals surface area contributed by atoms with Crippen molar-refractivity contribution in [2.75, 3.05) is 14.2 Å². The first kappa shape index (κ1) is 19.0. The Hall–Kier alpha value is -2.80. The van der Waals surface area contributed by atoms with Crippen LogP contribution in [0.25, 0.3) is 11.4 Å². The van der Waals surface area contributed by atoms with Gasteiger partial charge < -0.3 is 9.47 Å². The van der Waals surface area contributed by atoms with E-state index >= 15 is 0 Å². The average molecular weight is 385 g/mol. The van der Waals surface area contributed by atoms with Crippen LogP contribution in [-0.2, 0) is 12.3 Å². The number of methoxy groups -OCH3 is 2. The lowest BCUT2D eigenvalue weighted by atomic mass is 10.2. The van der Waals surface area contributed by atoms with Gasteiger partial charge in [0.1, 0.15) is 5.82 Å². The molecular formula is C20H20FN3O2S. The molecule has 0 aliphatic carbocycles. The van der Waals surface area contributed by atoms with E-state index in [4.69, 9.17) is 9.47 Å². The Morgan fingerprint density at radius 3 is 2.48 bits per heavy atom. The molecule has 1 heterocycles. The van der Waals surface area contributed by atoms with Crippen LogP contribution >= 0.6 is 11.8 Å². The predicted octanol–water partition coefficient (Wildman–Crippen LogP) is 4.58. The lowest BCUT2D eigenvalue weighted by molar-refractivity contribution is 0.355. The Morgan fingerprint density at radius 2 is 1.81 bits per heavy atom. The number of thioether (sulfide) groups is 1. The topological polar surface area (TPSA) is 49.2 Å². The average Bonchev–Trinajstić information content (AvgIpc) is 3.10. The Balaban J connectivity index is 1.88. The summed E-state index contributed by atoms with van der Waals surface area (Å²) in [6.07, 6.45) is 1.80. The van der Waals surface area contributed by atoms with Crippen molar-refractivity contribution in [2.24, 2.45) is 0 Å². The summed E-state index contributed by atoms with van der Waals surface area (Å²) in [5, 5.41) is 9.44. The molecule has 0 fully saturated rings. The first-order valence-corrected chi connectivity index (χ1v) is 9.28. The Bertz CT molecular complexity index is 925. The lowest BCUT2D eigenvalue weighted by Gasteiger charge is -2.11. The van der Waals surface area contributed by atoms with Crippen LogP contribution in [0.1, 0.15) is 5.56 Å². The van der Waals surface area contributed by atoms with Gasteiger partial charge in [-0.1, -0.05) is 30.0 Å². The van der Waals surface area contributed by atoms with Gasteiger partial charge in [-0.2, -0.15) is 0 Å². The molecule has 0 bridgehead atoms. The molecule has 0 unspecified atom stereocenters. The molecule has 0 spiro atoms. The maximum atomic E-state index is 13.1. The molecular weight excluding hydrogens is 365 g/mol. The molecule has 1 aromatic heterocycles. The summed E-state index contributed by atoms with van der Waals surface area (Å²) in [4.78, 5) is 0. The summed E-state index contributed by atoms with van der Waals surface area (Å²) < 4.78 is 25.7. The van der Waals surface area contributed by atoms with E-state index in [-0.39, 0.29) is 5.82 Å². The van der Waals surface area contributed by atoms with E-state index < -0.39 is 0 Å². The Kier molecular flexibility index (Phi) is 6.13. The zero-order valence-electron chi connectivity index (χ0n) is 15.2. The van der Waals surface area contributed by atoms with Gasteiger partial charge in [0.15, 0.2) is 22.5 Å². The SMILES string of the molecule is C=CCn1c(SCc2ccc(F)cc2)nnc1-c1ccc(OC)c(OC)c1. The highest BCUT2D eigenvalue weighted by molar-refractivity contribution is 7.98. The molecule has 0 N–H and O–H groups in total. The van der Waals surface area contributed by atoms with E-state index in [9.17, 15) is 4.39 Å². The van der Waals surface area contributed by atoms with Gasteiger partial charge in [-0.3, -0.25) is 4.57 Å². The summed E-state index contributed by atoms with van der Waals surface area (Å²) in [6, 6.07) is 12.1. The fourth-order valence-corrected chi connectivity index (χ4v) is 3.51. The summed E-state index contributed by atoms with van der Waals surface area (Å²) in [6.45, 7) is 4.40. The van der Waals surface area contributed by atoms with E-state index in [0.717, 1.165) is 22.1 Å². The number of hydrogen-bond acceptors (Lipinski definition) is 5. The molecule has 0 radical (unpaired) electrons. The Morgan fingerprint density at radius 1 is 1.07 bits per heavy atom. The van der Waals surface area contributed by atoms with Crippen LogP contribution in [0.2, 0.25) is 0 Å². The smallest absolute Gasteiger partial charge is 0.192 e. The van der Waals surface area contributed by atoms with Gasteiger partial charge in [0.05, 0.1) is 14.2 Å². The monoisotopic (exact) mass is 385 g/mol. The molecule has 3 aromatic rings. The van der Waals surface area contributed by atoms with Gasteiger partial charge in [-0.05, 0) is 35.9 Å². The number of halogens is 1. The lowest BCUT2D eigenvalue weighted by Crippen LogP contribution is -2.01. The maximum Gasteiger partial charge on any atom is 0.192 e. The van der Waals surface area contributed by atoms with Crippen molar-refractivity contribution in [1.29, 1.82) is 0 Å². The van der Waals surface area contributed by atoms with Gasteiger partial charge in [0.2, 0.25) is 0 Å². The number of rotatable bonds is 8. The molecule has 0 saturated carbocycles. The number of allylic oxidation sites excluding steroid dienone is 1. The second kappa shape index (κ2) is 8.73. The molecule has 3 rings (SSSR count). The van der Waals surface area contributed by atoms with Crippen LogP contribution in [0.5, 0.6) is 11.5 Å². The van der Waals surface area contributed by atoms with E-state index in [1.165, 1.54) is 12.1 Å². The second-order valence-electron chi connectivity index (χ2n) is 5.69. The molecule has 0 aliphatic rings. The van der Waals surface area contributed by atoms with Crippen molar-refractivity contribution < 1.29 is 13.9 Å². The summed E-state index contributed by atoms with van der Waals surface area (Å²) in [5.74, 6) is 2.43. The van der Waals surface area contributed by atoms with Gasteiger partial charge in [-0.15, -0.1) is 16.8 Å². The van der Waals surface area contributed by atoms with E-state index in [1.807, 2.05) is 22.8 Å². The zero-order valence-corrected chi connectivity index (χ0v) is 16.0. The van der Waals surface area contributed by atoms with Crippen molar-refractivity contribution >= 4 is 11.8 Å². The highest BCUT2D eigenvalue weighted by Gasteiger charge is 2.16. The third-order valence-corrected chi connectivity index (χ3v) is 4.99. The third-order valence-electron chi connectivity index (χ3n) is 3.95. The molecule has 140 valence electrons. The van der Waals surface area contributed by atoms with Crippen molar-refractivity contribution in [3.63, 3.8) is 0 Å². The molecule has 7 heteroatoms. The van der Waals surface area contributed by atoms with Crippen LogP contribution in [0.15, 0.2) is 60.3 Å². The molecule has 2 aromatic carbocycles. The minimum atomic E-state index is -0.241. The molecule has 0 amide bonds. The minimum Gasteiger partial charge on any atom is -0.493 e. The molecule has 27 heavy (non-hydrogen) atoms. The Labute approximate surface area is 161 Å². The third kappa shape index (κ3) is 4.31.